The first-order chi connectivity index (χ1) is 17.6. The van der Waals surface area contributed by atoms with Crippen molar-refractivity contribution in [1.29, 1.82) is 0 Å². The van der Waals surface area contributed by atoms with Crippen LogP contribution < -0.4 is 0 Å². The molecule has 1 unspecified atom stereocenters. The average Bonchev–Trinajstić information content (AvgIpc) is 3.42. The van der Waals surface area contributed by atoms with Crippen LogP contribution in [0.25, 0.3) is 17.0 Å². The maximum Gasteiger partial charge on any atom is 0.416 e. The Balaban J connectivity index is 1.37. The van der Waals surface area contributed by atoms with Crippen molar-refractivity contribution in [3.05, 3.63) is 69.2 Å². The summed E-state index contributed by atoms with van der Waals surface area (Å²) in [6, 6.07) is 7.92. The lowest BCUT2D eigenvalue weighted by atomic mass is 10.1. The Kier molecular flexibility index (Phi) is 6.73. The molecule has 0 aliphatic carbocycles. The number of hydrogen-bond acceptors (Lipinski definition) is 6. The predicted octanol–water partition coefficient (Wildman–Crippen LogP) is 4.51. The van der Waals surface area contributed by atoms with E-state index < -0.39 is 29.7 Å². The van der Waals surface area contributed by atoms with Crippen LogP contribution in [-0.2, 0) is 27.0 Å². The summed E-state index contributed by atoms with van der Waals surface area (Å²) in [5.74, 6) is -1.54. The molecule has 3 aromatic rings. The number of benzene rings is 2. The molecule has 3 heterocycles. The van der Waals surface area contributed by atoms with Crippen LogP contribution in [0.2, 0.25) is 5.02 Å². The summed E-state index contributed by atoms with van der Waals surface area (Å²) in [5, 5.41) is 14.7. The molecule has 0 saturated carbocycles. The highest BCUT2D eigenvalue weighted by Crippen LogP contribution is 2.35. The number of halogens is 4. The van der Waals surface area contributed by atoms with Crippen LogP contribution >= 0.6 is 23.4 Å². The van der Waals surface area contributed by atoms with Gasteiger partial charge in [-0.15, -0.1) is 0 Å². The zero-order valence-electron chi connectivity index (χ0n) is 18.9. The van der Waals surface area contributed by atoms with Crippen molar-refractivity contribution in [1.82, 2.24) is 14.7 Å². The number of amides is 1. The summed E-state index contributed by atoms with van der Waals surface area (Å²) in [5.41, 5.74) is 0.500. The van der Waals surface area contributed by atoms with Gasteiger partial charge >= 0.3 is 12.1 Å². The highest BCUT2D eigenvalue weighted by atomic mass is 35.5. The van der Waals surface area contributed by atoms with Crippen LogP contribution in [-0.4, -0.2) is 62.6 Å². The summed E-state index contributed by atoms with van der Waals surface area (Å²) in [7, 11) is 0. The summed E-state index contributed by atoms with van der Waals surface area (Å²) in [6.07, 6.45) is -1.38. The van der Waals surface area contributed by atoms with E-state index in [1.807, 2.05) is 0 Å². The number of alkyl halides is 3. The van der Waals surface area contributed by atoms with E-state index >= 15 is 0 Å². The van der Waals surface area contributed by atoms with Crippen LogP contribution in [0.15, 0.2) is 52.5 Å². The third-order valence-corrected chi connectivity index (χ3v) is 7.19. The van der Waals surface area contributed by atoms with Crippen molar-refractivity contribution < 1.29 is 32.6 Å². The van der Waals surface area contributed by atoms with Gasteiger partial charge in [-0.3, -0.25) is 9.48 Å². The first kappa shape index (κ1) is 25.3. The lowest BCUT2D eigenvalue weighted by Crippen LogP contribution is -2.51. The maximum absolute atomic E-state index is 13.5. The van der Waals surface area contributed by atoms with Crippen LogP contribution in [0.4, 0.5) is 13.2 Å². The summed E-state index contributed by atoms with van der Waals surface area (Å²) in [4.78, 5) is 30.0. The van der Waals surface area contributed by atoms with Crippen molar-refractivity contribution in [3.63, 3.8) is 0 Å². The molecule has 2 aliphatic heterocycles. The molecule has 37 heavy (non-hydrogen) atoms. The Morgan fingerprint density at radius 3 is 2.84 bits per heavy atom. The molecule has 0 bridgehead atoms. The molecule has 192 valence electrons. The number of thioether (sulfide) groups is 1. The highest BCUT2D eigenvalue weighted by molar-refractivity contribution is 8.18. The number of amidine groups is 1. The summed E-state index contributed by atoms with van der Waals surface area (Å²) >= 11 is 6.86. The minimum absolute atomic E-state index is 0.00218. The highest BCUT2D eigenvalue weighted by Gasteiger charge is 2.36. The molecule has 1 amide bonds. The van der Waals surface area contributed by atoms with Crippen molar-refractivity contribution in [2.45, 2.75) is 18.8 Å². The number of aliphatic imine (C=N–C) groups is 1. The van der Waals surface area contributed by atoms with Crippen molar-refractivity contribution in [2.75, 3.05) is 19.8 Å². The zero-order chi connectivity index (χ0) is 26.3. The number of aliphatic carboxylic acids is 1. The summed E-state index contributed by atoms with van der Waals surface area (Å²) in [6.45, 7) is 0.533. The molecule has 8 nitrogen and oxygen atoms in total. The Bertz CT molecular complexity index is 1470. The number of carboxylic acid groups (broad SMARTS) is 1. The number of hydrogen-bond donors (Lipinski definition) is 1. The van der Waals surface area contributed by atoms with E-state index in [1.165, 1.54) is 23.0 Å². The number of carbonyl (C=O) groups excluding carboxylic acids is 1. The second-order valence-electron chi connectivity index (χ2n) is 8.35. The van der Waals surface area contributed by atoms with Gasteiger partial charge in [0.15, 0.2) is 11.2 Å². The van der Waals surface area contributed by atoms with Crippen LogP contribution in [0, 0.1) is 0 Å². The molecular formula is C24H18ClF3N4O4S. The van der Waals surface area contributed by atoms with E-state index in [9.17, 15) is 27.9 Å². The van der Waals surface area contributed by atoms with Gasteiger partial charge in [-0.05, 0) is 53.2 Å². The molecule has 1 N–H and O–H groups in total. The van der Waals surface area contributed by atoms with E-state index in [0.29, 0.717) is 39.7 Å². The van der Waals surface area contributed by atoms with Gasteiger partial charge in [0.25, 0.3) is 5.91 Å². The normalized spacial score (nSPS) is 19.6. The standard InChI is InChI=1S/C24H18ClF3N4O4S/c25-16-3-2-14(17(9-16)24(26,27)28)11-32-18-4-1-13(7-15(18)10-29-32)8-20-21(33)30-23(37-20)31-5-6-36-12-19(31)22(34)35/h1-4,7-10,19H,5-6,11-12H2,(H,34,35). The molecule has 0 radical (unpaired) electrons. The number of carboxylic acids is 1. The second kappa shape index (κ2) is 9.84. The Labute approximate surface area is 217 Å². The molecule has 1 saturated heterocycles. The minimum Gasteiger partial charge on any atom is -0.480 e. The number of aromatic nitrogens is 2. The van der Waals surface area contributed by atoms with Crippen LogP contribution in [0.5, 0.6) is 0 Å². The second-order valence-corrected chi connectivity index (χ2v) is 9.80. The maximum atomic E-state index is 13.5. The third kappa shape index (κ3) is 5.22. The van der Waals surface area contributed by atoms with E-state index in [0.717, 1.165) is 17.8 Å². The molecule has 2 aromatic carbocycles. The molecule has 13 heteroatoms. The number of carbonyl (C=O) groups is 2. The molecule has 1 fully saturated rings. The number of rotatable bonds is 4. The van der Waals surface area contributed by atoms with Crippen LogP contribution in [0.3, 0.4) is 0 Å². The number of fused-ring (bicyclic) bond motifs is 1. The van der Waals surface area contributed by atoms with E-state index in [1.54, 1.807) is 29.2 Å². The lowest BCUT2D eigenvalue weighted by molar-refractivity contribution is -0.146. The smallest absolute Gasteiger partial charge is 0.416 e. The monoisotopic (exact) mass is 550 g/mol. The van der Waals surface area contributed by atoms with Gasteiger partial charge < -0.3 is 14.7 Å². The summed E-state index contributed by atoms with van der Waals surface area (Å²) < 4.78 is 47.2. The average molecular weight is 551 g/mol. The number of ether oxygens (including phenoxy) is 1. The van der Waals surface area contributed by atoms with Gasteiger partial charge in [0.1, 0.15) is 0 Å². The predicted molar refractivity (Wildman–Crippen MR) is 132 cm³/mol. The number of nitrogens with zero attached hydrogens (tertiary/aromatic N) is 4. The van der Waals surface area contributed by atoms with Gasteiger partial charge in [-0.1, -0.05) is 23.7 Å². The SMILES string of the molecule is O=C1N=C(N2CCOCC2C(=O)O)SC1=Cc1ccc2c(cnn2Cc2ccc(Cl)cc2C(F)(F)F)c1. The molecule has 1 atom stereocenters. The molecule has 5 rings (SSSR count). The topological polar surface area (TPSA) is 97.0 Å². The first-order valence-electron chi connectivity index (χ1n) is 11.0. The van der Waals surface area contributed by atoms with Crippen molar-refractivity contribution >= 4 is 57.4 Å². The van der Waals surface area contributed by atoms with E-state index in [-0.39, 0.29) is 23.7 Å². The Morgan fingerprint density at radius 2 is 2.08 bits per heavy atom. The largest absolute Gasteiger partial charge is 0.480 e. The van der Waals surface area contributed by atoms with Gasteiger partial charge in [0, 0.05) is 17.0 Å². The fourth-order valence-electron chi connectivity index (χ4n) is 4.14. The quantitative estimate of drug-likeness (QED) is 0.477. The lowest BCUT2D eigenvalue weighted by Gasteiger charge is -2.33. The third-order valence-electron chi connectivity index (χ3n) is 5.93. The molecular weight excluding hydrogens is 533 g/mol. The van der Waals surface area contributed by atoms with Crippen molar-refractivity contribution in [3.8, 4) is 0 Å². The number of morpholine rings is 1. The fourth-order valence-corrected chi connectivity index (χ4v) is 5.30. The Morgan fingerprint density at radius 1 is 1.27 bits per heavy atom. The van der Waals surface area contributed by atoms with Gasteiger partial charge in [-0.2, -0.15) is 23.3 Å². The molecule has 1 aromatic heterocycles. The van der Waals surface area contributed by atoms with Crippen molar-refractivity contribution in [2.24, 2.45) is 4.99 Å². The zero-order valence-corrected chi connectivity index (χ0v) is 20.5. The molecule has 2 aliphatic rings. The van der Waals surface area contributed by atoms with Crippen LogP contribution in [0.1, 0.15) is 16.7 Å². The fraction of sp³-hybridized carbons (Fsp3) is 0.250. The minimum atomic E-state index is -4.55. The van der Waals surface area contributed by atoms with E-state index in [4.69, 9.17) is 16.3 Å². The van der Waals surface area contributed by atoms with Gasteiger partial charge in [0.05, 0.1) is 41.9 Å². The first-order valence-corrected chi connectivity index (χ1v) is 12.2. The van der Waals surface area contributed by atoms with Gasteiger partial charge in [0.2, 0.25) is 0 Å². The molecule has 0 spiro atoms. The van der Waals surface area contributed by atoms with E-state index in [2.05, 4.69) is 10.1 Å². The Hall–Kier alpha value is -3.35. The van der Waals surface area contributed by atoms with Gasteiger partial charge in [-0.25, -0.2) is 4.79 Å².